The van der Waals surface area contributed by atoms with Crippen LogP contribution in [0, 0.1) is 0 Å². The van der Waals surface area contributed by atoms with E-state index in [4.69, 9.17) is 4.74 Å². The number of halogens is 2. The number of hydrogen-bond acceptors (Lipinski definition) is 5. The van der Waals surface area contributed by atoms with Gasteiger partial charge in [0.05, 0.1) is 11.4 Å². The van der Waals surface area contributed by atoms with E-state index in [0.717, 1.165) is 24.2 Å². The highest BCUT2D eigenvalue weighted by molar-refractivity contribution is 5.95. The van der Waals surface area contributed by atoms with Crippen molar-refractivity contribution in [2.75, 3.05) is 11.9 Å². The first kappa shape index (κ1) is 20.5. The predicted molar refractivity (Wildman–Crippen MR) is 108 cm³/mol. The largest absolute Gasteiger partial charge is 0.451 e. The lowest BCUT2D eigenvalue weighted by Gasteiger charge is -2.09. The van der Waals surface area contributed by atoms with E-state index in [0.29, 0.717) is 11.6 Å². The molecule has 0 atom stereocenters. The maximum atomic E-state index is 12.6. The summed E-state index contributed by atoms with van der Waals surface area (Å²) >= 11 is 0. The lowest BCUT2D eigenvalue weighted by Crippen LogP contribution is -2.22. The molecule has 0 saturated heterocycles. The topological polar surface area (TPSA) is 82.5 Å². The van der Waals surface area contributed by atoms with Gasteiger partial charge in [-0.15, -0.1) is 0 Å². The van der Waals surface area contributed by atoms with E-state index in [1.165, 1.54) is 28.9 Å². The van der Waals surface area contributed by atoms with Crippen molar-refractivity contribution in [1.29, 1.82) is 0 Å². The second-order valence-electron chi connectivity index (χ2n) is 7.00. The van der Waals surface area contributed by atoms with Crippen LogP contribution in [-0.4, -0.2) is 34.9 Å². The fourth-order valence-corrected chi connectivity index (χ4v) is 3.01. The number of hydrogen-bond donors (Lipinski definition) is 1. The highest BCUT2D eigenvalue weighted by atomic mass is 19.3. The van der Waals surface area contributed by atoms with Crippen LogP contribution in [0.4, 0.5) is 14.5 Å². The third-order valence-corrected chi connectivity index (χ3v) is 4.63. The highest BCUT2D eigenvalue weighted by Gasteiger charge is 2.29. The van der Waals surface area contributed by atoms with Crippen LogP contribution >= 0.6 is 0 Å². The van der Waals surface area contributed by atoms with Crippen molar-refractivity contribution in [2.24, 2.45) is 0 Å². The molecule has 160 valence electrons. The monoisotopic (exact) mass is 427 g/mol. The van der Waals surface area contributed by atoms with E-state index in [2.05, 4.69) is 15.2 Å². The van der Waals surface area contributed by atoms with Crippen molar-refractivity contribution in [2.45, 2.75) is 25.4 Å². The second-order valence-corrected chi connectivity index (χ2v) is 7.00. The summed E-state index contributed by atoms with van der Waals surface area (Å²) in [6.45, 7) is -3.43. The Bertz CT molecular complexity index is 1060. The molecule has 1 amide bonds. The van der Waals surface area contributed by atoms with Gasteiger partial charge in [-0.2, -0.15) is 13.9 Å². The van der Waals surface area contributed by atoms with Gasteiger partial charge in [0.1, 0.15) is 5.75 Å². The van der Waals surface area contributed by atoms with Gasteiger partial charge in [0.2, 0.25) is 0 Å². The number of rotatable bonds is 8. The summed E-state index contributed by atoms with van der Waals surface area (Å²) in [6, 6.07) is 16.3. The van der Waals surface area contributed by atoms with Crippen molar-refractivity contribution < 1.29 is 27.8 Å². The molecule has 7 nitrogen and oxygen atoms in total. The zero-order valence-electron chi connectivity index (χ0n) is 16.3. The Morgan fingerprint density at radius 3 is 2.45 bits per heavy atom. The van der Waals surface area contributed by atoms with Crippen molar-refractivity contribution in [3.05, 3.63) is 72.1 Å². The van der Waals surface area contributed by atoms with Crippen LogP contribution in [0.25, 0.3) is 5.69 Å². The minimum absolute atomic E-state index is 0.0277. The number of alkyl halides is 2. The smallest absolute Gasteiger partial charge is 0.387 e. The van der Waals surface area contributed by atoms with E-state index in [1.54, 1.807) is 6.07 Å². The molecule has 2 aromatic carbocycles. The number of nitrogens with one attached hydrogen (secondary N) is 1. The van der Waals surface area contributed by atoms with Gasteiger partial charge in [-0.1, -0.05) is 18.2 Å². The molecule has 0 unspecified atom stereocenters. The molecule has 1 saturated carbocycles. The summed E-state index contributed by atoms with van der Waals surface area (Å²) in [6.07, 6.45) is 2.06. The molecular formula is C22H19F2N3O4. The first-order valence-corrected chi connectivity index (χ1v) is 9.67. The summed E-state index contributed by atoms with van der Waals surface area (Å²) in [4.78, 5) is 24.8. The number of benzene rings is 2. The molecule has 3 aromatic rings. The van der Waals surface area contributed by atoms with Crippen LogP contribution in [0.5, 0.6) is 5.75 Å². The van der Waals surface area contributed by atoms with E-state index in [-0.39, 0.29) is 11.4 Å². The zero-order valence-corrected chi connectivity index (χ0v) is 16.3. The molecule has 0 aliphatic heterocycles. The van der Waals surface area contributed by atoms with E-state index in [9.17, 15) is 18.4 Å². The van der Waals surface area contributed by atoms with Gasteiger partial charge in [0.15, 0.2) is 12.3 Å². The van der Waals surface area contributed by atoms with Crippen molar-refractivity contribution in [3.8, 4) is 11.4 Å². The summed E-state index contributed by atoms with van der Waals surface area (Å²) in [5.41, 5.74) is 2.14. The number of para-hydroxylation sites is 1. The zero-order chi connectivity index (χ0) is 21.8. The molecule has 0 bridgehead atoms. The van der Waals surface area contributed by atoms with Crippen LogP contribution in [0.1, 0.15) is 34.9 Å². The van der Waals surface area contributed by atoms with E-state index in [1.807, 2.05) is 30.3 Å². The van der Waals surface area contributed by atoms with Crippen LogP contribution in [0.2, 0.25) is 0 Å². The maximum Gasteiger partial charge on any atom is 0.387 e. The molecule has 0 spiro atoms. The Balaban J connectivity index is 1.39. The Morgan fingerprint density at radius 1 is 1.10 bits per heavy atom. The highest BCUT2D eigenvalue weighted by Crippen LogP contribution is 2.39. The minimum Gasteiger partial charge on any atom is -0.451 e. The quantitative estimate of drug-likeness (QED) is 0.546. The maximum absolute atomic E-state index is 12.6. The van der Waals surface area contributed by atoms with Crippen LogP contribution in [0.15, 0.2) is 60.7 Å². The fourth-order valence-electron chi connectivity index (χ4n) is 3.01. The molecule has 1 fully saturated rings. The van der Waals surface area contributed by atoms with E-state index < -0.39 is 25.1 Å². The van der Waals surface area contributed by atoms with Crippen molar-refractivity contribution in [3.63, 3.8) is 0 Å². The van der Waals surface area contributed by atoms with Gasteiger partial charge >= 0.3 is 12.6 Å². The van der Waals surface area contributed by atoms with Gasteiger partial charge in [0, 0.05) is 11.6 Å². The third kappa shape index (κ3) is 5.25. The molecule has 1 aromatic heterocycles. The number of esters is 1. The minimum atomic E-state index is -2.93. The second kappa shape index (κ2) is 8.95. The number of aromatic nitrogens is 2. The molecule has 9 heteroatoms. The first-order valence-electron chi connectivity index (χ1n) is 9.67. The SMILES string of the molecule is O=C(COC(=O)c1cc(C2CC2)nn1-c1ccccc1)Nc1ccc(OC(F)F)cc1. The van der Waals surface area contributed by atoms with Gasteiger partial charge in [-0.3, -0.25) is 4.79 Å². The standard InChI is InChI=1S/C22H19F2N3O4/c23-22(24)31-17-10-8-15(9-11-17)25-20(28)13-30-21(29)19-12-18(14-6-7-14)26-27(19)16-4-2-1-3-5-16/h1-5,8-12,14,22H,6-7,13H2,(H,25,28). The number of amides is 1. The van der Waals surface area contributed by atoms with Crippen LogP contribution in [-0.2, 0) is 9.53 Å². The molecule has 1 aliphatic rings. The van der Waals surface area contributed by atoms with E-state index >= 15 is 0 Å². The van der Waals surface area contributed by atoms with Crippen LogP contribution in [0.3, 0.4) is 0 Å². The molecule has 4 rings (SSSR count). The number of anilines is 1. The Kier molecular flexibility index (Phi) is 5.92. The number of nitrogens with zero attached hydrogens (tertiary/aromatic N) is 2. The van der Waals surface area contributed by atoms with Gasteiger partial charge < -0.3 is 14.8 Å². The van der Waals surface area contributed by atoms with Gasteiger partial charge in [0.25, 0.3) is 5.91 Å². The van der Waals surface area contributed by atoms with Crippen molar-refractivity contribution >= 4 is 17.6 Å². The molecule has 31 heavy (non-hydrogen) atoms. The molecule has 0 radical (unpaired) electrons. The normalized spacial score (nSPS) is 13.1. The number of ether oxygens (including phenoxy) is 2. The van der Waals surface area contributed by atoms with Crippen LogP contribution < -0.4 is 10.1 Å². The average Bonchev–Trinajstić information content (AvgIpc) is 3.52. The molecule has 1 aliphatic carbocycles. The molecule has 1 N–H and O–H groups in total. The first-order chi connectivity index (χ1) is 15.0. The summed E-state index contributed by atoms with van der Waals surface area (Å²) < 4.78 is 35.3. The van der Waals surface area contributed by atoms with Gasteiger partial charge in [-0.25, -0.2) is 9.48 Å². The Labute approximate surface area is 176 Å². The summed E-state index contributed by atoms with van der Waals surface area (Å²) in [5.74, 6) is -0.917. The van der Waals surface area contributed by atoms with Gasteiger partial charge in [-0.05, 0) is 55.3 Å². The number of carbonyl (C=O) groups is 2. The lowest BCUT2D eigenvalue weighted by molar-refractivity contribution is -0.119. The predicted octanol–water partition coefficient (Wildman–Crippen LogP) is 4.15. The van der Waals surface area contributed by atoms with Crippen molar-refractivity contribution in [1.82, 2.24) is 9.78 Å². The fraction of sp³-hybridized carbons (Fsp3) is 0.227. The lowest BCUT2D eigenvalue weighted by atomic mass is 10.2. The Morgan fingerprint density at radius 2 is 1.81 bits per heavy atom. The number of carbonyl (C=O) groups excluding carboxylic acids is 2. The Hall–Kier alpha value is -3.75. The summed E-state index contributed by atoms with van der Waals surface area (Å²) in [5, 5.41) is 7.06. The molecular weight excluding hydrogens is 408 g/mol. The summed E-state index contributed by atoms with van der Waals surface area (Å²) in [7, 11) is 0. The third-order valence-electron chi connectivity index (χ3n) is 4.63. The molecule has 1 heterocycles. The average molecular weight is 427 g/mol.